The summed E-state index contributed by atoms with van der Waals surface area (Å²) in [7, 11) is 1.64. The summed E-state index contributed by atoms with van der Waals surface area (Å²) in [6.45, 7) is 5.80. The third-order valence-corrected chi connectivity index (χ3v) is 5.50. The van der Waals surface area contributed by atoms with Gasteiger partial charge in [0.15, 0.2) is 0 Å². The standard InChI is InChI=1S/C24H28N4O2/c1-18-8-10-20(11-9-18)28-23(24(29)25-12-15-27-13-3-4-14-27)17-22(26-28)19-6-5-7-21(16-19)30-2/h5-11,16-17H,3-4,12-15H2,1-2H3,(H,25,29). The van der Waals surface area contributed by atoms with Crippen molar-refractivity contribution in [2.45, 2.75) is 19.8 Å². The Morgan fingerprint density at radius 3 is 2.60 bits per heavy atom. The van der Waals surface area contributed by atoms with Gasteiger partial charge in [0.1, 0.15) is 11.4 Å². The molecule has 2 heterocycles. The lowest BCUT2D eigenvalue weighted by atomic mass is 10.1. The van der Waals surface area contributed by atoms with Crippen molar-refractivity contribution < 1.29 is 9.53 Å². The summed E-state index contributed by atoms with van der Waals surface area (Å²) in [4.78, 5) is 15.4. The minimum atomic E-state index is -0.114. The van der Waals surface area contributed by atoms with E-state index in [1.807, 2.05) is 61.5 Å². The minimum absolute atomic E-state index is 0.114. The molecule has 0 atom stereocenters. The summed E-state index contributed by atoms with van der Waals surface area (Å²) in [5.41, 5.74) is 4.19. The molecule has 1 aliphatic rings. The number of aromatic nitrogens is 2. The van der Waals surface area contributed by atoms with Gasteiger partial charge in [0, 0.05) is 18.7 Å². The van der Waals surface area contributed by atoms with Crippen LogP contribution >= 0.6 is 0 Å². The number of hydrogen-bond acceptors (Lipinski definition) is 4. The Morgan fingerprint density at radius 1 is 1.10 bits per heavy atom. The van der Waals surface area contributed by atoms with Crippen LogP contribution in [0.4, 0.5) is 0 Å². The first-order valence-corrected chi connectivity index (χ1v) is 10.5. The molecule has 6 heteroatoms. The van der Waals surface area contributed by atoms with Crippen molar-refractivity contribution in [1.29, 1.82) is 0 Å². The van der Waals surface area contributed by atoms with Crippen LogP contribution in [-0.4, -0.2) is 53.9 Å². The number of methoxy groups -OCH3 is 1. The number of ether oxygens (including phenoxy) is 1. The maximum absolute atomic E-state index is 13.0. The van der Waals surface area contributed by atoms with E-state index in [9.17, 15) is 4.79 Å². The molecule has 1 aromatic heterocycles. The molecule has 4 rings (SSSR count). The predicted octanol–water partition coefficient (Wildman–Crippen LogP) is 3.68. The van der Waals surface area contributed by atoms with Crippen molar-refractivity contribution in [1.82, 2.24) is 20.0 Å². The molecule has 3 aromatic rings. The molecular formula is C24H28N4O2. The number of carbonyl (C=O) groups excluding carboxylic acids is 1. The van der Waals surface area contributed by atoms with Gasteiger partial charge in [-0.3, -0.25) is 4.79 Å². The van der Waals surface area contributed by atoms with Gasteiger partial charge in [0.25, 0.3) is 5.91 Å². The topological polar surface area (TPSA) is 59.4 Å². The summed E-state index contributed by atoms with van der Waals surface area (Å²) in [5.74, 6) is 0.644. The zero-order valence-electron chi connectivity index (χ0n) is 17.6. The van der Waals surface area contributed by atoms with E-state index in [0.717, 1.165) is 47.9 Å². The van der Waals surface area contributed by atoms with E-state index in [-0.39, 0.29) is 5.91 Å². The second-order valence-electron chi connectivity index (χ2n) is 7.70. The number of amides is 1. The highest BCUT2D eigenvalue weighted by atomic mass is 16.5. The first-order valence-electron chi connectivity index (χ1n) is 10.5. The van der Waals surface area contributed by atoms with E-state index in [1.54, 1.807) is 11.8 Å². The Bertz CT molecular complexity index is 1000. The number of likely N-dealkylation sites (tertiary alicyclic amines) is 1. The number of rotatable bonds is 7. The Balaban J connectivity index is 1.61. The van der Waals surface area contributed by atoms with Crippen molar-refractivity contribution >= 4 is 5.91 Å². The normalized spacial score (nSPS) is 14.1. The monoisotopic (exact) mass is 404 g/mol. The highest BCUT2D eigenvalue weighted by Gasteiger charge is 2.18. The van der Waals surface area contributed by atoms with Gasteiger partial charge >= 0.3 is 0 Å². The molecule has 30 heavy (non-hydrogen) atoms. The van der Waals surface area contributed by atoms with E-state index in [2.05, 4.69) is 10.2 Å². The van der Waals surface area contributed by atoms with Gasteiger partial charge in [-0.05, 0) is 63.2 Å². The Hall–Kier alpha value is -3.12. The van der Waals surface area contributed by atoms with Gasteiger partial charge in [-0.2, -0.15) is 5.10 Å². The molecule has 1 amide bonds. The molecule has 2 aromatic carbocycles. The van der Waals surface area contributed by atoms with Crippen LogP contribution in [0.2, 0.25) is 0 Å². The smallest absolute Gasteiger partial charge is 0.270 e. The molecule has 156 valence electrons. The van der Waals surface area contributed by atoms with Gasteiger partial charge in [0.05, 0.1) is 18.5 Å². The number of nitrogens with zero attached hydrogens (tertiary/aromatic N) is 3. The van der Waals surface area contributed by atoms with Crippen LogP contribution in [0.5, 0.6) is 5.75 Å². The van der Waals surface area contributed by atoms with Crippen molar-refractivity contribution in [3.8, 4) is 22.7 Å². The van der Waals surface area contributed by atoms with Crippen LogP contribution < -0.4 is 10.1 Å². The highest BCUT2D eigenvalue weighted by molar-refractivity contribution is 5.94. The van der Waals surface area contributed by atoms with Gasteiger partial charge < -0.3 is 15.0 Å². The number of aryl methyl sites for hydroxylation is 1. The minimum Gasteiger partial charge on any atom is -0.497 e. The Kier molecular flexibility index (Phi) is 6.14. The number of nitrogens with one attached hydrogen (secondary N) is 1. The molecule has 6 nitrogen and oxygen atoms in total. The van der Waals surface area contributed by atoms with E-state index in [4.69, 9.17) is 9.84 Å². The quantitative estimate of drug-likeness (QED) is 0.653. The van der Waals surface area contributed by atoms with Crippen LogP contribution in [0, 0.1) is 6.92 Å². The van der Waals surface area contributed by atoms with Gasteiger partial charge in [-0.1, -0.05) is 29.8 Å². The molecule has 1 fully saturated rings. The second kappa shape index (κ2) is 9.13. The SMILES string of the molecule is COc1cccc(-c2cc(C(=O)NCCN3CCCC3)n(-c3ccc(C)cc3)n2)c1. The molecule has 1 aliphatic heterocycles. The van der Waals surface area contributed by atoms with E-state index >= 15 is 0 Å². The van der Waals surface area contributed by atoms with Crippen molar-refractivity contribution in [2.24, 2.45) is 0 Å². The molecular weight excluding hydrogens is 376 g/mol. The summed E-state index contributed by atoms with van der Waals surface area (Å²) in [6, 6.07) is 17.6. The van der Waals surface area contributed by atoms with Crippen LogP contribution in [0.25, 0.3) is 16.9 Å². The number of benzene rings is 2. The summed E-state index contributed by atoms with van der Waals surface area (Å²) < 4.78 is 7.06. The lowest BCUT2D eigenvalue weighted by Gasteiger charge is -2.15. The summed E-state index contributed by atoms with van der Waals surface area (Å²) in [6.07, 6.45) is 2.50. The zero-order valence-corrected chi connectivity index (χ0v) is 17.6. The Morgan fingerprint density at radius 2 is 1.87 bits per heavy atom. The van der Waals surface area contributed by atoms with E-state index in [0.29, 0.717) is 12.2 Å². The molecule has 1 saturated heterocycles. The zero-order chi connectivity index (χ0) is 20.9. The number of hydrogen-bond donors (Lipinski definition) is 1. The maximum Gasteiger partial charge on any atom is 0.270 e. The fourth-order valence-corrected chi connectivity index (χ4v) is 3.77. The van der Waals surface area contributed by atoms with Gasteiger partial charge in [-0.15, -0.1) is 0 Å². The van der Waals surface area contributed by atoms with Crippen LogP contribution in [0.15, 0.2) is 54.6 Å². The van der Waals surface area contributed by atoms with Crippen molar-refractivity contribution in [3.63, 3.8) is 0 Å². The first kappa shape index (κ1) is 20.2. The summed E-state index contributed by atoms with van der Waals surface area (Å²) in [5, 5.41) is 7.82. The van der Waals surface area contributed by atoms with Crippen LogP contribution in [-0.2, 0) is 0 Å². The summed E-state index contributed by atoms with van der Waals surface area (Å²) >= 11 is 0. The van der Waals surface area contributed by atoms with E-state index < -0.39 is 0 Å². The fraction of sp³-hybridized carbons (Fsp3) is 0.333. The van der Waals surface area contributed by atoms with Crippen molar-refractivity contribution in [2.75, 3.05) is 33.3 Å². The molecule has 0 aliphatic carbocycles. The van der Waals surface area contributed by atoms with E-state index in [1.165, 1.54) is 12.8 Å². The van der Waals surface area contributed by atoms with Gasteiger partial charge in [0.2, 0.25) is 0 Å². The molecule has 0 radical (unpaired) electrons. The molecule has 0 saturated carbocycles. The van der Waals surface area contributed by atoms with Crippen molar-refractivity contribution in [3.05, 3.63) is 65.9 Å². The third kappa shape index (κ3) is 4.54. The third-order valence-electron chi connectivity index (χ3n) is 5.50. The maximum atomic E-state index is 13.0. The molecule has 0 unspecified atom stereocenters. The lowest BCUT2D eigenvalue weighted by Crippen LogP contribution is -2.34. The van der Waals surface area contributed by atoms with Crippen LogP contribution in [0.1, 0.15) is 28.9 Å². The van der Waals surface area contributed by atoms with Crippen LogP contribution in [0.3, 0.4) is 0 Å². The average molecular weight is 405 g/mol. The predicted molar refractivity (Wildman–Crippen MR) is 118 cm³/mol. The lowest BCUT2D eigenvalue weighted by molar-refractivity contribution is 0.0942. The number of carbonyl (C=O) groups is 1. The second-order valence-corrected chi connectivity index (χ2v) is 7.70. The first-order chi connectivity index (χ1) is 14.6. The van der Waals surface area contributed by atoms with Gasteiger partial charge in [-0.25, -0.2) is 4.68 Å². The largest absolute Gasteiger partial charge is 0.497 e. The fourth-order valence-electron chi connectivity index (χ4n) is 3.77. The molecule has 1 N–H and O–H groups in total. The average Bonchev–Trinajstić information content (AvgIpc) is 3.44. The highest BCUT2D eigenvalue weighted by Crippen LogP contribution is 2.25. The Labute approximate surface area is 177 Å². The molecule has 0 spiro atoms. The molecule has 0 bridgehead atoms.